The molecule has 7 heteroatoms. The summed E-state index contributed by atoms with van der Waals surface area (Å²) in [6, 6.07) is 10.6. The summed E-state index contributed by atoms with van der Waals surface area (Å²) in [5, 5.41) is 2.58. The maximum Gasteiger partial charge on any atom is 0.270 e. The number of aryl methyl sites for hydroxylation is 1. The zero-order valence-electron chi connectivity index (χ0n) is 13.1. The first-order chi connectivity index (χ1) is 11.5. The number of rotatable bonds is 3. The topological polar surface area (TPSA) is 63.6 Å². The Bertz CT molecular complexity index is 869. The Balaban J connectivity index is 2.07. The predicted molar refractivity (Wildman–Crippen MR) is 94.6 cm³/mol. The van der Waals surface area contributed by atoms with E-state index in [2.05, 4.69) is 5.32 Å². The Hall–Kier alpha value is -2.93. The molecule has 24 heavy (non-hydrogen) atoms. The van der Waals surface area contributed by atoms with Crippen molar-refractivity contribution in [2.45, 2.75) is 0 Å². The van der Waals surface area contributed by atoms with Gasteiger partial charge in [-0.1, -0.05) is 12.1 Å². The van der Waals surface area contributed by atoms with Crippen molar-refractivity contribution in [2.24, 2.45) is 7.05 Å². The SMILES string of the molecule is COc1ccccc1N1C(=O)C(=Cc2cccn2C)C(=O)NC1=S. The molecule has 0 bridgehead atoms. The average Bonchev–Trinajstić information content (AvgIpc) is 2.96. The number of hydrogen-bond donors (Lipinski definition) is 1. The second-order valence-electron chi connectivity index (χ2n) is 5.17. The van der Waals surface area contributed by atoms with Gasteiger partial charge in [-0.25, -0.2) is 4.90 Å². The Morgan fingerprint density at radius 2 is 1.92 bits per heavy atom. The average molecular weight is 341 g/mol. The van der Waals surface area contributed by atoms with Crippen molar-refractivity contribution in [3.8, 4) is 5.75 Å². The molecule has 0 saturated carbocycles. The molecule has 1 fully saturated rings. The molecule has 1 N–H and O–H groups in total. The van der Waals surface area contributed by atoms with Gasteiger partial charge < -0.3 is 9.30 Å². The van der Waals surface area contributed by atoms with Crippen LogP contribution in [-0.4, -0.2) is 28.6 Å². The zero-order chi connectivity index (χ0) is 17.3. The molecule has 1 saturated heterocycles. The van der Waals surface area contributed by atoms with Gasteiger partial charge in [0.25, 0.3) is 11.8 Å². The summed E-state index contributed by atoms with van der Waals surface area (Å²) in [4.78, 5) is 26.4. The number of nitrogens with zero attached hydrogens (tertiary/aromatic N) is 2. The van der Waals surface area contributed by atoms with Crippen molar-refractivity contribution < 1.29 is 14.3 Å². The van der Waals surface area contributed by atoms with Crippen LogP contribution in [0.25, 0.3) is 6.08 Å². The van der Waals surface area contributed by atoms with Gasteiger partial charge in [-0.15, -0.1) is 0 Å². The van der Waals surface area contributed by atoms with Gasteiger partial charge in [0.15, 0.2) is 5.11 Å². The van der Waals surface area contributed by atoms with Crippen molar-refractivity contribution in [1.82, 2.24) is 9.88 Å². The van der Waals surface area contributed by atoms with Crippen LogP contribution in [0.4, 0.5) is 5.69 Å². The normalized spacial score (nSPS) is 16.5. The summed E-state index contributed by atoms with van der Waals surface area (Å²) < 4.78 is 7.11. The van der Waals surface area contributed by atoms with Crippen LogP contribution in [0.1, 0.15) is 5.69 Å². The van der Waals surface area contributed by atoms with Crippen LogP contribution in [0.15, 0.2) is 48.2 Å². The number of amides is 2. The third kappa shape index (κ3) is 2.69. The third-order valence-electron chi connectivity index (χ3n) is 3.70. The van der Waals surface area contributed by atoms with Gasteiger partial charge in [-0.2, -0.15) is 0 Å². The minimum absolute atomic E-state index is 0.0105. The molecule has 3 rings (SSSR count). The van der Waals surface area contributed by atoms with Crippen molar-refractivity contribution in [2.75, 3.05) is 12.0 Å². The van der Waals surface area contributed by atoms with E-state index in [0.29, 0.717) is 11.4 Å². The Labute approximate surface area is 144 Å². The fourth-order valence-electron chi connectivity index (χ4n) is 2.46. The smallest absolute Gasteiger partial charge is 0.270 e. The summed E-state index contributed by atoms with van der Waals surface area (Å²) in [6.07, 6.45) is 3.38. The number of nitrogens with one attached hydrogen (secondary N) is 1. The van der Waals surface area contributed by atoms with Crippen LogP contribution >= 0.6 is 12.2 Å². The van der Waals surface area contributed by atoms with Gasteiger partial charge in [0, 0.05) is 18.9 Å². The highest BCUT2D eigenvalue weighted by Gasteiger charge is 2.35. The quantitative estimate of drug-likeness (QED) is 0.526. The lowest BCUT2D eigenvalue weighted by molar-refractivity contribution is -0.122. The third-order valence-corrected chi connectivity index (χ3v) is 3.99. The van der Waals surface area contributed by atoms with E-state index in [9.17, 15) is 9.59 Å². The largest absolute Gasteiger partial charge is 0.495 e. The second-order valence-corrected chi connectivity index (χ2v) is 5.56. The van der Waals surface area contributed by atoms with Crippen molar-refractivity contribution in [3.63, 3.8) is 0 Å². The molecule has 2 heterocycles. The number of para-hydroxylation sites is 2. The minimum Gasteiger partial charge on any atom is -0.495 e. The highest BCUT2D eigenvalue weighted by Crippen LogP contribution is 2.30. The predicted octanol–water partition coefficient (Wildman–Crippen LogP) is 1.86. The van der Waals surface area contributed by atoms with Gasteiger partial charge in [-0.05, 0) is 42.6 Å². The minimum atomic E-state index is -0.516. The lowest BCUT2D eigenvalue weighted by Crippen LogP contribution is -2.54. The summed E-state index contributed by atoms with van der Waals surface area (Å²) in [7, 11) is 3.34. The summed E-state index contributed by atoms with van der Waals surface area (Å²) in [6.45, 7) is 0. The number of carbonyl (C=O) groups is 2. The van der Waals surface area contributed by atoms with Crippen LogP contribution in [0.2, 0.25) is 0 Å². The maximum atomic E-state index is 12.9. The molecule has 6 nitrogen and oxygen atoms in total. The molecule has 0 radical (unpaired) electrons. The number of aromatic nitrogens is 1. The van der Waals surface area contributed by atoms with Crippen LogP contribution in [0, 0.1) is 0 Å². The highest BCUT2D eigenvalue weighted by atomic mass is 32.1. The Morgan fingerprint density at radius 1 is 1.17 bits per heavy atom. The van der Waals surface area contributed by atoms with Gasteiger partial charge >= 0.3 is 0 Å². The molecular formula is C17H15N3O3S. The first-order valence-corrected chi connectivity index (χ1v) is 7.59. The number of thiocarbonyl (C=S) groups is 1. The van der Waals surface area contributed by atoms with Crippen molar-refractivity contribution in [1.29, 1.82) is 0 Å². The van der Waals surface area contributed by atoms with Gasteiger partial charge in [0.1, 0.15) is 11.3 Å². The van der Waals surface area contributed by atoms with Gasteiger partial charge in [0.2, 0.25) is 0 Å². The fraction of sp³-hybridized carbons (Fsp3) is 0.118. The first-order valence-electron chi connectivity index (χ1n) is 7.18. The van der Waals surface area contributed by atoms with Crippen LogP contribution in [0.3, 0.4) is 0 Å². The molecule has 0 atom stereocenters. The summed E-state index contributed by atoms with van der Waals surface area (Å²) in [5.74, 6) is -0.519. The lowest BCUT2D eigenvalue weighted by Gasteiger charge is -2.29. The molecule has 1 aliphatic heterocycles. The molecule has 1 aliphatic rings. The van der Waals surface area contributed by atoms with Gasteiger partial charge in [-0.3, -0.25) is 14.9 Å². The van der Waals surface area contributed by atoms with Crippen molar-refractivity contribution >= 4 is 40.9 Å². The van der Waals surface area contributed by atoms with E-state index in [0.717, 1.165) is 5.69 Å². The number of carbonyl (C=O) groups excluding carboxylic acids is 2. The molecule has 2 amide bonds. The molecular weight excluding hydrogens is 326 g/mol. The van der Waals surface area contributed by atoms with E-state index in [1.54, 1.807) is 30.3 Å². The lowest BCUT2D eigenvalue weighted by atomic mass is 10.1. The molecule has 2 aromatic rings. The monoisotopic (exact) mass is 341 g/mol. The van der Waals surface area contributed by atoms with E-state index in [-0.39, 0.29) is 10.7 Å². The summed E-state index contributed by atoms with van der Waals surface area (Å²) in [5.41, 5.74) is 1.23. The molecule has 1 aromatic carbocycles. The van der Waals surface area contributed by atoms with Crippen LogP contribution in [-0.2, 0) is 16.6 Å². The van der Waals surface area contributed by atoms with Crippen LogP contribution < -0.4 is 15.0 Å². The first kappa shape index (κ1) is 15.9. The van der Waals surface area contributed by atoms with E-state index >= 15 is 0 Å². The van der Waals surface area contributed by atoms with Crippen LogP contribution in [0.5, 0.6) is 5.75 Å². The molecule has 0 aliphatic carbocycles. The molecule has 122 valence electrons. The fourth-order valence-corrected chi connectivity index (χ4v) is 2.74. The number of anilines is 1. The number of hydrogen-bond acceptors (Lipinski definition) is 4. The van der Waals surface area contributed by atoms with E-state index in [4.69, 9.17) is 17.0 Å². The Morgan fingerprint density at radius 3 is 2.58 bits per heavy atom. The maximum absolute atomic E-state index is 12.9. The molecule has 1 aromatic heterocycles. The summed E-state index contributed by atoms with van der Waals surface area (Å²) >= 11 is 5.18. The Kier molecular flexibility index (Phi) is 4.18. The van der Waals surface area contributed by atoms with E-state index < -0.39 is 11.8 Å². The highest BCUT2D eigenvalue weighted by molar-refractivity contribution is 7.80. The standard InChI is InChI=1S/C17H15N3O3S/c1-19-9-5-6-11(19)10-12-15(21)18-17(24)20(16(12)22)13-7-3-4-8-14(13)23-2/h3-10H,1-2H3,(H,18,21,24). The number of ether oxygens (including phenoxy) is 1. The molecule has 0 unspecified atom stereocenters. The number of methoxy groups -OCH3 is 1. The number of benzene rings is 1. The second kappa shape index (κ2) is 6.29. The van der Waals surface area contributed by atoms with E-state index in [1.807, 2.05) is 29.9 Å². The van der Waals surface area contributed by atoms with Gasteiger partial charge in [0.05, 0.1) is 12.8 Å². The van der Waals surface area contributed by atoms with E-state index in [1.165, 1.54) is 12.0 Å². The van der Waals surface area contributed by atoms with Crippen molar-refractivity contribution in [3.05, 3.63) is 53.9 Å². The zero-order valence-corrected chi connectivity index (χ0v) is 14.0. The molecule has 0 spiro atoms.